The van der Waals surface area contributed by atoms with E-state index in [1.54, 1.807) is 36.4 Å². The Labute approximate surface area is 141 Å². The number of nitrogens with zero attached hydrogens (tertiary/aromatic N) is 2. The number of aromatic nitrogens is 2. The highest BCUT2D eigenvalue weighted by atomic mass is 35.5. The van der Waals surface area contributed by atoms with Crippen LogP contribution in [0.15, 0.2) is 52.2 Å². The number of aromatic amines is 1. The summed E-state index contributed by atoms with van der Waals surface area (Å²) in [4.78, 5) is 26.7. The SMILES string of the molecule is N#Cc1cc2c(=O)n(C[C@@H](O)c3ccccc3Cl)ccc2[nH]c1=O. The van der Waals surface area contributed by atoms with Gasteiger partial charge in [0, 0.05) is 16.8 Å². The van der Waals surface area contributed by atoms with Crippen LogP contribution in [0.4, 0.5) is 0 Å². The third-order valence-corrected chi connectivity index (χ3v) is 4.08. The van der Waals surface area contributed by atoms with Crippen LogP contribution in [-0.4, -0.2) is 14.7 Å². The van der Waals surface area contributed by atoms with Crippen molar-refractivity contribution >= 4 is 22.5 Å². The quantitative estimate of drug-likeness (QED) is 0.760. The number of pyridine rings is 2. The van der Waals surface area contributed by atoms with E-state index in [-0.39, 0.29) is 17.5 Å². The largest absolute Gasteiger partial charge is 0.386 e. The average Bonchev–Trinajstić information content (AvgIpc) is 2.57. The second-order valence-electron chi connectivity index (χ2n) is 5.26. The van der Waals surface area contributed by atoms with Gasteiger partial charge in [0.1, 0.15) is 11.6 Å². The number of hydrogen-bond donors (Lipinski definition) is 2. The van der Waals surface area contributed by atoms with Crippen molar-refractivity contribution in [1.82, 2.24) is 9.55 Å². The molecule has 2 aromatic heterocycles. The van der Waals surface area contributed by atoms with Crippen LogP contribution < -0.4 is 11.1 Å². The summed E-state index contributed by atoms with van der Waals surface area (Å²) in [6, 6.07) is 11.4. The lowest BCUT2D eigenvalue weighted by atomic mass is 10.1. The van der Waals surface area contributed by atoms with Gasteiger partial charge in [0.25, 0.3) is 11.1 Å². The zero-order valence-corrected chi connectivity index (χ0v) is 13.1. The number of hydrogen-bond acceptors (Lipinski definition) is 4. The number of nitrogens with one attached hydrogen (secondary N) is 1. The highest BCUT2D eigenvalue weighted by Gasteiger charge is 2.14. The fourth-order valence-electron chi connectivity index (χ4n) is 2.50. The fraction of sp³-hybridized carbons (Fsp3) is 0.118. The van der Waals surface area contributed by atoms with E-state index in [4.69, 9.17) is 16.9 Å². The molecule has 3 rings (SSSR count). The summed E-state index contributed by atoms with van der Waals surface area (Å²) in [5.41, 5.74) is -0.230. The number of benzene rings is 1. The van der Waals surface area contributed by atoms with E-state index >= 15 is 0 Å². The van der Waals surface area contributed by atoms with E-state index in [0.717, 1.165) is 0 Å². The van der Waals surface area contributed by atoms with Crippen molar-refractivity contribution < 1.29 is 5.11 Å². The summed E-state index contributed by atoms with van der Waals surface area (Å²) < 4.78 is 1.32. The summed E-state index contributed by atoms with van der Waals surface area (Å²) in [5, 5.41) is 19.9. The van der Waals surface area contributed by atoms with Gasteiger partial charge in [-0.25, -0.2) is 0 Å². The lowest BCUT2D eigenvalue weighted by Gasteiger charge is -2.14. The minimum Gasteiger partial charge on any atom is -0.386 e. The molecule has 0 spiro atoms. The van der Waals surface area contributed by atoms with Gasteiger partial charge in [0.2, 0.25) is 0 Å². The standard InChI is InChI=1S/C17H12ClN3O3/c18-13-4-2-1-3-11(13)15(22)9-21-6-5-14-12(17(21)24)7-10(8-19)16(23)20-14/h1-7,15,22H,9H2,(H,20,23)/t15-/m1/s1. The molecule has 0 saturated heterocycles. The van der Waals surface area contributed by atoms with Gasteiger partial charge in [0.15, 0.2) is 0 Å². The van der Waals surface area contributed by atoms with E-state index in [1.165, 1.54) is 16.8 Å². The molecule has 1 aromatic carbocycles. The monoisotopic (exact) mass is 341 g/mol. The number of aliphatic hydroxyl groups excluding tert-OH is 1. The number of aliphatic hydroxyl groups is 1. The van der Waals surface area contributed by atoms with Crippen LogP contribution in [-0.2, 0) is 6.54 Å². The molecule has 3 aromatic rings. The molecule has 2 N–H and O–H groups in total. The molecule has 0 saturated carbocycles. The molecule has 0 bridgehead atoms. The maximum atomic E-state index is 12.5. The summed E-state index contributed by atoms with van der Waals surface area (Å²) in [7, 11) is 0. The lowest BCUT2D eigenvalue weighted by Crippen LogP contribution is -2.24. The second kappa shape index (κ2) is 6.32. The first-order chi connectivity index (χ1) is 11.5. The van der Waals surface area contributed by atoms with E-state index in [0.29, 0.717) is 16.1 Å². The number of halogens is 1. The highest BCUT2D eigenvalue weighted by Crippen LogP contribution is 2.23. The fourth-order valence-corrected chi connectivity index (χ4v) is 2.76. The Morgan fingerprint density at radius 1 is 1.29 bits per heavy atom. The third kappa shape index (κ3) is 2.83. The topological polar surface area (TPSA) is 98.9 Å². The smallest absolute Gasteiger partial charge is 0.266 e. The number of fused-ring (bicyclic) bond motifs is 1. The van der Waals surface area contributed by atoms with Crippen LogP contribution in [0.3, 0.4) is 0 Å². The van der Waals surface area contributed by atoms with Gasteiger partial charge >= 0.3 is 0 Å². The van der Waals surface area contributed by atoms with Crippen molar-refractivity contribution in [3.05, 3.63) is 79.5 Å². The zero-order valence-electron chi connectivity index (χ0n) is 12.4. The molecule has 0 aliphatic carbocycles. The molecule has 2 heterocycles. The zero-order chi connectivity index (χ0) is 17.3. The van der Waals surface area contributed by atoms with Crippen molar-refractivity contribution in [1.29, 1.82) is 5.26 Å². The summed E-state index contributed by atoms with van der Waals surface area (Å²) in [5.74, 6) is 0. The lowest BCUT2D eigenvalue weighted by molar-refractivity contribution is 0.155. The molecule has 0 unspecified atom stereocenters. The molecule has 24 heavy (non-hydrogen) atoms. The first-order valence-electron chi connectivity index (χ1n) is 7.10. The van der Waals surface area contributed by atoms with Crippen LogP contribution in [0.2, 0.25) is 5.02 Å². The van der Waals surface area contributed by atoms with E-state index < -0.39 is 17.2 Å². The molecule has 6 nitrogen and oxygen atoms in total. The number of nitriles is 1. The Morgan fingerprint density at radius 3 is 2.75 bits per heavy atom. The molecule has 120 valence electrons. The van der Waals surface area contributed by atoms with Crippen LogP contribution in [0, 0.1) is 11.3 Å². The normalized spacial score (nSPS) is 12.0. The van der Waals surface area contributed by atoms with Gasteiger partial charge in [-0.3, -0.25) is 9.59 Å². The second-order valence-corrected chi connectivity index (χ2v) is 5.67. The predicted molar refractivity (Wildman–Crippen MR) is 90.0 cm³/mol. The van der Waals surface area contributed by atoms with Crippen molar-refractivity contribution in [2.75, 3.05) is 0 Å². The van der Waals surface area contributed by atoms with Crippen molar-refractivity contribution in [2.45, 2.75) is 12.6 Å². The highest BCUT2D eigenvalue weighted by molar-refractivity contribution is 6.31. The Kier molecular flexibility index (Phi) is 4.21. The summed E-state index contributed by atoms with van der Waals surface area (Å²) >= 11 is 6.05. The maximum Gasteiger partial charge on any atom is 0.266 e. The Hall–Kier alpha value is -2.88. The van der Waals surface area contributed by atoms with E-state index in [2.05, 4.69) is 4.98 Å². The Morgan fingerprint density at radius 2 is 2.04 bits per heavy atom. The molecule has 0 aliphatic heterocycles. The molecule has 0 amide bonds. The van der Waals surface area contributed by atoms with E-state index in [9.17, 15) is 14.7 Å². The minimum atomic E-state index is -0.966. The van der Waals surface area contributed by atoms with Crippen LogP contribution >= 0.6 is 11.6 Å². The van der Waals surface area contributed by atoms with Crippen molar-refractivity contribution in [3.63, 3.8) is 0 Å². The van der Waals surface area contributed by atoms with Crippen LogP contribution in [0.25, 0.3) is 10.9 Å². The van der Waals surface area contributed by atoms with Gasteiger partial charge in [-0.1, -0.05) is 29.8 Å². The number of rotatable bonds is 3. The van der Waals surface area contributed by atoms with Crippen LogP contribution in [0.1, 0.15) is 17.2 Å². The summed E-state index contributed by atoms with van der Waals surface area (Å²) in [6.45, 7) is -0.000476. The molecule has 0 radical (unpaired) electrons. The average molecular weight is 342 g/mol. The Balaban J connectivity index is 2.05. The third-order valence-electron chi connectivity index (χ3n) is 3.74. The Bertz CT molecular complexity index is 1080. The van der Waals surface area contributed by atoms with Gasteiger partial charge in [-0.15, -0.1) is 0 Å². The van der Waals surface area contributed by atoms with Crippen molar-refractivity contribution in [3.8, 4) is 6.07 Å². The summed E-state index contributed by atoms with van der Waals surface area (Å²) in [6.07, 6.45) is 0.513. The van der Waals surface area contributed by atoms with E-state index in [1.807, 2.05) is 0 Å². The molecule has 7 heteroatoms. The molecule has 0 fully saturated rings. The predicted octanol–water partition coefficient (Wildman–Crippen LogP) is 1.95. The van der Waals surface area contributed by atoms with Crippen LogP contribution in [0.5, 0.6) is 0 Å². The van der Waals surface area contributed by atoms with Gasteiger partial charge < -0.3 is 14.7 Å². The maximum absolute atomic E-state index is 12.5. The molecular weight excluding hydrogens is 330 g/mol. The molecular formula is C17H12ClN3O3. The van der Waals surface area contributed by atoms with Gasteiger partial charge in [0.05, 0.1) is 23.6 Å². The van der Waals surface area contributed by atoms with Gasteiger partial charge in [-0.05, 0) is 18.2 Å². The first-order valence-corrected chi connectivity index (χ1v) is 7.48. The first kappa shape index (κ1) is 16.0. The molecule has 0 aliphatic rings. The number of H-pyrrole nitrogens is 1. The van der Waals surface area contributed by atoms with Gasteiger partial charge in [-0.2, -0.15) is 5.26 Å². The molecule has 1 atom stereocenters. The van der Waals surface area contributed by atoms with Crippen molar-refractivity contribution in [2.24, 2.45) is 0 Å². The minimum absolute atomic E-state index is 0.000476.